The van der Waals surface area contributed by atoms with E-state index in [1.165, 1.54) is 6.07 Å². The van der Waals surface area contributed by atoms with Gasteiger partial charge in [0.05, 0.1) is 5.02 Å². The molecule has 0 spiro atoms. The lowest BCUT2D eigenvalue weighted by Gasteiger charge is -2.24. The van der Waals surface area contributed by atoms with Crippen LogP contribution in [0.25, 0.3) is 0 Å². The summed E-state index contributed by atoms with van der Waals surface area (Å²) >= 11 is 5.74. The van der Waals surface area contributed by atoms with E-state index in [0.29, 0.717) is 0 Å². The Morgan fingerprint density at radius 3 is 2.30 bits per heavy atom. The first-order chi connectivity index (χ1) is 12.2. The molecular formula is C17H28ClFNO6P. The van der Waals surface area contributed by atoms with Crippen LogP contribution in [-0.4, -0.2) is 36.0 Å². The van der Waals surface area contributed by atoms with Crippen LogP contribution in [0.1, 0.15) is 34.6 Å². The van der Waals surface area contributed by atoms with Gasteiger partial charge in [-0.3, -0.25) is 4.57 Å². The van der Waals surface area contributed by atoms with Gasteiger partial charge >= 0.3 is 13.6 Å². The van der Waals surface area contributed by atoms with Gasteiger partial charge in [0.25, 0.3) is 0 Å². The van der Waals surface area contributed by atoms with Crippen molar-refractivity contribution in [3.05, 3.63) is 29.0 Å². The quantitative estimate of drug-likeness (QED) is 0.500. The van der Waals surface area contributed by atoms with E-state index in [4.69, 9.17) is 26.8 Å². The van der Waals surface area contributed by atoms with E-state index in [9.17, 15) is 18.6 Å². The molecule has 0 aliphatic rings. The fourth-order valence-electron chi connectivity index (χ4n) is 1.58. The lowest BCUT2D eigenvalue weighted by Crippen LogP contribution is -2.27. The van der Waals surface area contributed by atoms with Crippen molar-refractivity contribution in [3.8, 4) is 5.75 Å². The highest BCUT2D eigenvalue weighted by molar-refractivity contribution is 7.53. The van der Waals surface area contributed by atoms with Gasteiger partial charge in [0, 0.05) is 18.6 Å². The summed E-state index contributed by atoms with van der Waals surface area (Å²) in [6.07, 6.45) is 0. The van der Waals surface area contributed by atoms with Gasteiger partial charge < -0.3 is 24.6 Å². The van der Waals surface area contributed by atoms with E-state index < -0.39 is 37.8 Å². The van der Waals surface area contributed by atoms with Crippen LogP contribution in [0.5, 0.6) is 5.75 Å². The summed E-state index contributed by atoms with van der Waals surface area (Å²) < 4.78 is 39.2. The van der Waals surface area contributed by atoms with Gasteiger partial charge in [0.15, 0.2) is 6.61 Å². The monoisotopic (exact) mass is 427 g/mol. The van der Waals surface area contributed by atoms with Gasteiger partial charge in [-0.1, -0.05) is 25.4 Å². The van der Waals surface area contributed by atoms with Crippen LogP contribution >= 0.6 is 19.2 Å². The Kier molecular flexibility index (Phi) is 10.5. The molecular weight excluding hydrogens is 400 g/mol. The van der Waals surface area contributed by atoms with Crippen molar-refractivity contribution in [3.63, 3.8) is 0 Å². The highest BCUT2D eigenvalue weighted by atomic mass is 35.5. The van der Waals surface area contributed by atoms with Crippen LogP contribution in [0.4, 0.5) is 4.39 Å². The van der Waals surface area contributed by atoms with E-state index in [1.54, 1.807) is 13.8 Å². The number of rotatable bonds is 7. The lowest BCUT2D eigenvalue weighted by molar-refractivity contribution is -0.150. The van der Waals surface area contributed by atoms with Crippen LogP contribution in [0.2, 0.25) is 5.02 Å². The van der Waals surface area contributed by atoms with Crippen molar-refractivity contribution in [2.24, 2.45) is 11.7 Å². The number of carbonyl (C=O) groups is 1. The normalized spacial score (nSPS) is 14.6. The Morgan fingerprint density at radius 2 is 1.89 bits per heavy atom. The maximum absolute atomic E-state index is 12.9. The summed E-state index contributed by atoms with van der Waals surface area (Å²) in [5.74, 6) is -3.06. The zero-order valence-corrected chi connectivity index (χ0v) is 18.0. The molecule has 7 nitrogen and oxygen atoms in total. The molecule has 10 heteroatoms. The SMILES string of the molecule is CC(C)(C)N.COP(=O)(O)C(OC(=O)COc1ccc(F)cc1Cl)C(C)C. The van der Waals surface area contributed by atoms with Crippen molar-refractivity contribution in [1.82, 2.24) is 0 Å². The Labute approximate surface area is 164 Å². The van der Waals surface area contributed by atoms with Crippen molar-refractivity contribution >= 4 is 25.2 Å². The molecule has 0 amide bonds. The summed E-state index contributed by atoms with van der Waals surface area (Å²) in [5, 5.41) is -0.00192. The van der Waals surface area contributed by atoms with Gasteiger partial charge in [0.2, 0.25) is 5.85 Å². The molecule has 0 aliphatic carbocycles. The van der Waals surface area contributed by atoms with Crippen molar-refractivity contribution in [1.29, 1.82) is 0 Å². The van der Waals surface area contributed by atoms with Crippen molar-refractivity contribution in [2.75, 3.05) is 13.7 Å². The van der Waals surface area contributed by atoms with E-state index in [1.807, 2.05) is 20.8 Å². The molecule has 156 valence electrons. The molecule has 0 bridgehead atoms. The van der Waals surface area contributed by atoms with Crippen molar-refractivity contribution < 1.29 is 32.6 Å². The van der Waals surface area contributed by atoms with Crippen LogP contribution < -0.4 is 10.5 Å². The maximum Gasteiger partial charge on any atom is 0.368 e. The molecule has 1 rings (SSSR count). The number of halogens is 2. The van der Waals surface area contributed by atoms with Gasteiger partial charge in [-0.15, -0.1) is 0 Å². The minimum atomic E-state index is -4.08. The standard InChI is InChI=1S/C13H17ClFO6P.C4H11N/c1-8(2)13(22(17,18)19-3)21-12(16)7-20-11-5-4-9(15)6-10(11)14;1-4(2,3)5/h4-6,8,13H,7H2,1-3H3,(H,17,18);5H2,1-3H3. The summed E-state index contributed by atoms with van der Waals surface area (Å²) in [6, 6.07) is 3.42. The average Bonchev–Trinajstić information content (AvgIpc) is 2.49. The third kappa shape index (κ3) is 11.3. The molecule has 0 radical (unpaired) electrons. The number of carbonyl (C=O) groups excluding carboxylic acids is 1. The average molecular weight is 428 g/mol. The first-order valence-corrected chi connectivity index (χ1v) is 10.1. The number of benzene rings is 1. The highest BCUT2D eigenvalue weighted by Gasteiger charge is 2.37. The largest absolute Gasteiger partial charge is 0.480 e. The molecule has 1 aromatic carbocycles. The van der Waals surface area contributed by atoms with Crippen LogP contribution in [0.3, 0.4) is 0 Å². The van der Waals surface area contributed by atoms with Gasteiger partial charge in [-0.05, 0) is 39.0 Å². The zero-order chi connectivity index (χ0) is 21.4. The maximum atomic E-state index is 12.9. The van der Waals surface area contributed by atoms with E-state index in [0.717, 1.165) is 19.2 Å². The minimum absolute atomic E-state index is 0. The predicted molar refractivity (Wildman–Crippen MR) is 102 cm³/mol. The summed E-state index contributed by atoms with van der Waals surface area (Å²) in [5.41, 5.74) is 5.35. The Bertz CT molecular complexity index is 659. The van der Waals surface area contributed by atoms with Crippen LogP contribution in [0.15, 0.2) is 18.2 Å². The first kappa shape index (κ1) is 25.8. The minimum Gasteiger partial charge on any atom is -0.480 e. The highest BCUT2D eigenvalue weighted by Crippen LogP contribution is 2.50. The third-order valence-corrected chi connectivity index (χ3v) is 4.81. The molecule has 0 fully saturated rings. The Morgan fingerprint density at radius 1 is 1.37 bits per heavy atom. The van der Waals surface area contributed by atoms with Crippen LogP contribution in [0, 0.1) is 11.7 Å². The summed E-state index contributed by atoms with van der Waals surface area (Å²) in [4.78, 5) is 21.3. The van der Waals surface area contributed by atoms with Gasteiger partial charge in [-0.2, -0.15) is 0 Å². The number of hydrogen-bond donors (Lipinski definition) is 2. The summed E-state index contributed by atoms with van der Waals surface area (Å²) in [6.45, 7) is 8.57. The molecule has 27 heavy (non-hydrogen) atoms. The summed E-state index contributed by atoms with van der Waals surface area (Å²) in [7, 11) is -3.03. The molecule has 0 saturated carbocycles. The molecule has 2 atom stereocenters. The predicted octanol–water partition coefficient (Wildman–Crippen LogP) is 3.96. The molecule has 0 heterocycles. The second kappa shape index (κ2) is 11.0. The molecule has 0 aliphatic heterocycles. The van der Waals surface area contributed by atoms with E-state index in [-0.39, 0.29) is 16.3 Å². The molecule has 0 aromatic heterocycles. The van der Waals surface area contributed by atoms with E-state index >= 15 is 0 Å². The van der Waals surface area contributed by atoms with Crippen molar-refractivity contribution in [2.45, 2.75) is 46.0 Å². The topological polar surface area (TPSA) is 108 Å². The van der Waals surface area contributed by atoms with Crippen LogP contribution in [-0.2, 0) is 18.6 Å². The Balaban J connectivity index is 0.00000119. The van der Waals surface area contributed by atoms with Gasteiger partial charge in [0.1, 0.15) is 11.6 Å². The van der Waals surface area contributed by atoms with E-state index in [2.05, 4.69) is 4.52 Å². The number of hydrogen-bond acceptors (Lipinski definition) is 6. The molecule has 0 saturated heterocycles. The number of ether oxygens (including phenoxy) is 2. The van der Waals surface area contributed by atoms with Gasteiger partial charge in [-0.25, -0.2) is 9.18 Å². The number of esters is 1. The molecule has 2 unspecified atom stereocenters. The Hall–Kier alpha value is -1.18. The molecule has 1 aromatic rings. The fourth-order valence-corrected chi connectivity index (χ4v) is 3.01. The zero-order valence-electron chi connectivity index (χ0n) is 16.4. The second-order valence-electron chi connectivity index (χ2n) is 7.10. The first-order valence-electron chi connectivity index (χ1n) is 8.11. The lowest BCUT2D eigenvalue weighted by atomic mass is 10.1. The second-order valence-corrected chi connectivity index (χ2v) is 9.51. The number of nitrogens with two attached hydrogens (primary N) is 1. The molecule has 3 N–H and O–H groups in total. The third-order valence-electron chi connectivity index (χ3n) is 2.65. The smallest absolute Gasteiger partial charge is 0.368 e. The fraction of sp³-hybridized carbons (Fsp3) is 0.588.